The summed E-state index contributed by atoms with van der Waals surface area (Å²) in [6.07, 6.45) is 10.6. The molecule has 25 rings (SSSR count). The number of pyridine rings is 5. The highest BCUT2D eigenvalue weighted by molar-refractivity contribution is 6.14. The van der Waals surface area contributed by atoms with E-state index >= 15 is 0 Å². The number of benzene rings is 15. The highest BCUT2D eigenvalue weighted by Crippen LogP contribution is 2.42. The molecule has 25 aromatic rings. The molecule has 0 unspecified atom stereocenters. The molecule has 15 aromatic carbocycles. The summed E-state index contributed by atoms with van der Waals surface area (Å²) in [7, 11) is 21.2. The zero-order valence-electron chi connectivity index (χ0n) is 82.4. The first-order valence-corrected chi connectivity index (χ1v) is 48.3. The summed E-state index contributed by atoms with van der Waals surface area (Å²) >= 11 is 0. The van der Waals surface area contributed by atoms with Crippen LogP contribution in [0.2, 0.25) is 0 Å². The Morgan fingerprint density at radius 1 is 0.150 bits per heavy atom. The molecule has 0 N–H and O–H groups in total. The van der Waals surface area contributed by atoms with Crippen LogP contribution in [0, 0.1) is 34.6 Å². The van der Waals surface area contributed by atoms with Crippen molar-refractivity contribution in [2.24, 2.45) is 70.5 Å². The van der Waals surface area contributed by atoms with Crippen molar-refractivity contribution in [2.45, 2.75) is 34.6 Å². The lowest BCUT2D eigenvalue weighted by Gasteiger charge is -2.12. The topological polar surface area (TPSA) is 44.0 Å². The van der Waals surface area contributed by atoms with Gasteiger partial charge in [-0.25, -0.2) is 22.8 Å². The average molecular weight is 1820 g/mol. The molecule has 10 heterocycles. The van der Waals surface area contributed by atoms with Gasteiger partial charge in [-0.1, -0.05) is 206 Å². The molecule has 0 aliphatic heterocycles. The van der Waals surface area contributed by atoms with Crippen LogP contribution < -0.4 is 22.8 Å². The van der Waals surface area contributed by atoms with Crippen LogP contribution in [0.3, 0.4) is 0 Å². The van der Waals surface area contributed by atoms with Gasteiger partial charge < -0.3 is 22.8 Å². The van der Waals surface area contributed by atoms with E-state index in [-0.39, 0.29) is 0 Å². The molecule has 680 valence electrons. The van der Waals surface area contributed by atoms with Crippen molar-refractivity contribution in [3.05, 3.63) is 453 Å². The Labute approximate surface area is 819 Å². The largest absolute Gasteiger partial charge is 0.344 e. The maximum Gasteiger partial charge on any atom is 0.213 e. The summed E-state index contributed by atoms with van der Waals surface area (Å²) in [6, 6.07) is 143. The lowest BCUT2D eigenvalue weighted by atomic mass is 9.92. The van der Waals surface area contributed by atoms with E-state index in [4.69, 9.17) is 0 Å². The molecule has 10 nitrogen and oxygen atoms in total. The summed E-state index contributed by atoms with van der Waals surface area (Å²) in [6.45, 7) is 10.9. The Hall–Kier alpha value is -17.0. The third-order valence-electron chi connectivity index (χ3n) is 29.1. The molecular formula is C130H115N10+5. The summed E-state index contributed by atoms with van der Waals surface area (Å²) in [5.41, 5.74) is 44.3. The van der Waals surface area contributed by atoms with Crippen LogP contribution in [-0.2, 0) is 70.5 Å². The molecule has 0 atom stereocenters. The van der Waals surface area contributed by atoms with Crippen LogP contribution in [0.25, 0.3) is 221 Å². The van der Waals surface area contributed by atoms with E-state index in [1.54, 1.807) is 0 Å². The van der Waals surface area contributed by atoms with Gasteiger partial charge in [-0.2, -0.15) is 0 Å². The Kier molecular flexibility index (Phi) is 24.1. The third kappa shape index (κ3) is 16.6. The molecule has 0 radical (unpaired) electrons. The maximum absolute atomic E-state index is 2.35. The minimum absolute atomic E-state index is 1.23. The minimum Gasteiger partial charge on any atom is -0.344 e. The zero-order valence-corrected chi connectivity index (χ0v) is 82.4. The normalized spacial score (nSPS) is 11.4. The van der Waals surface area contributed by atoms with E-state index in [0.29, 0.717) is 0 Å². The maximum atomic E-state index is 2.35. The van der Waals surface area contributed by atoms with E-state index in [0.717, 1.165) is 0 Å². The van der Waals surface area contributed by atoms with Gasteiger partial charge in [0.15, 0.2) is 31.0 Å². The molecule has 10 aromatic heterocycles. The number of hydrogen-bond acceptors (Lipinski definition) is 0. The van der Waals surface area contributed by atoms with Gasteiger partial charge in [0.2, 0.25) is 28.5 Å². The Bertz CT molecular complexity index is 9140. The molecule has 0 saturated carbocycles. The molecule has 0 aliphatic rings. The van der Waals surface area contributed by atoms with Gasteiger partial charge in [-0.3, -0.25) is 0 Å². The smallest absolute Gasteiger partial charge is 0.213 e. The summed E-state index contributed by atoms with van der Waals surface area (Å²) in [5, 5.41) is 13.1. The van der Waals surface area contributed by atoms with E-state index in [2.05, 4.69) is 576 Å². The summed E-state index contributed by atoms with van der Waals surface area (Å²) < 4.78 is 22.3. The Balaban J connectivity index is 0.000000104. The van der Waals surface area contributed by atoms with Crippen LogP contribution >= 0.6 is 0 Å². The van der Waals surface area contributed by atoms with Crippen LogP contribution in [0.15, 0.2) is 425 Å². The number of nitrogens with zero attached hydrogens (tertiary/aromatic N) is 10. The fourth-order valence-electron chi connectivity index (χ4n) is 21.4. The monoisotopic (exact) mass is 1820 g/mol. The molecule has 140 heavy (non-hydrogen) atoms. The van der Waals surface area contributed by atoms with Crippen molar-refractivity contribution in [2.75, 3.05) is 0 Å². The summed E-state index contributed by atoms with van der Waals surface area (Å²) in [4.78, 5) is 0. The van der Waals surface area contributed by atoms with Gasteiger partial charge in [0.05, 0.1) is 5.56 Å². The predicted octanol–water partition coefficient (Wildman–Crippen LogP) is 29.0. The lowest BCUT2D eigenvalue weighted by Crippen LogP contribution is -2.30. The molecule has 0 aliphatic carbocycles. The van der Waals surface area contributed by atoms with Crippen molar-refractivity contribution in [3.8, 4) is 112 Å². The van der Waals surface area contributed by atoms with Crippen LogP contribution in [-0.4, -0.2) is 22.8 Å². The first kappa shape index (κ1) is 89.6. The van der Waals surface area contributed by atoms with Crippen LogP contribution in [0.1, 0.15) is 27.8 Å². The number of aryl methyl sites for hydroxylation is 15. The van der Waals surface area contributed by atoms with Gasteiger partial charge in [0, 0.05) is 227 Å². The second-order valence-corrected chi connectivity index (χ2v) is 37.6. The molecule has 0 bridgehead atoms. The van der Waals surface area contributed by atoms with Crippen LogP contribution in [0.5, 0.6) is 0 Å². The number of aromatic nitrogens is 10. The van der Waals surface area contributed by atoms with E-state index < -0.39 is 0 Å². The average Bonchev–Trinajstić information content (AvgIpc) is 1.62. The van der Waals surface area contributed by atoms with Crippen molar-refractivity contribution in [1.82, 2.24) is 22.8 Å². The number of fused-ring (bicyclic) bond motifs is 15. The number of rotatable bonds is 10. The molecule has 0 amide bonds. The second kappa shape index (κ2) is 37.6. The Morgan fingerprint density at radius 2 is 0.429 bits per heavy atom. The standard InChI is InChI=1S/5C26H23N2/c1-18-9-8-11-20(26(18)25-13-6-7-16-27(25)2)19-14-15-24-22(17-19)21-10-4-5-12-23(21)28(24)3;1-18-16-19(11-13-21(18)24-9-6-7-15-27(24)2)20-12-14-26-23(17-20)22-8-4-5-10-25(22)28(26)3;1-18-16-19(11-13-21(18)24-9-6-7-15-27(24)2)20-12-14-23-22-8-4-5-10-25(22)28(3)26(23)17-20;1-18-11-12-19(16-23(18)24-9-6-7-15-27(24)2)20-13-14-22-21-8-4-5-10-25(21)28(3)26(22)17-20;1-18-8-4-5-9-21(18)26-17-20(14-15-27(26)2)19-12-13-25-23(16-19)22-10-6-7-11-24(22)28(25)3/h5*4-17H,1-3H3/q5*+1. The zero-order chi connectivity index (χ0) is 96.3. The Morgan fingerprint density at radius 3 is 0.857 bits per heavy atom. The van der Waals surface area contributed by atoms with Gasteiger partial charge in [0.1, 0.15) is 35.2 Å². The van der Waals surface area contributed by atoms with Gasteiger partial charge >= 0.3 is 0 Å². The van der Waals surface area contributed by atoms with Crippen LogP contribution in [0.4, 0.5) is 0 Å². The van der Waals surface area contributed by atoms with Gasteiger partial charge in [0.25, 0.3) is 0 Å². The number of hydrogen-bond donors (Lipinski definition) is 0. The van der Waals surface area contributed by atoms with Crippen molar-refractivity contribution >= 4 is 109 Å². The minimum atomic E-state index is 1.23. The van der Waals surface area contributed by atoms with Crippen molar-refractivity contribution in [1.29, 1.82) is 0 Å². The molecule has 0 spiro atoms. The molecule has 0 saturated heterocycles. The quantitative estimate of drug-likeness (QED) is 0.123. The highest BCUT2D eigenvalue weighted by Gasteiger charge is 2.24. The van der Waals surface area contributed by atoms with E-state index in [1.165, 1.54) is 249 Å². The van der Waals surface area contributed by atoms with Gasteiger partial charge in [-0.05, 0) is 245 Å². The molecule has 10 heteroatoms. The van der Waals surface area contributed by atoms with E-state index in [9.17, 15) is 0 Å². The fraction of sp³-hybridized carbons (Fsp3) is 0.115. The predicted molar refractivity (Wildman–Crippen MR) is 586 cm³/mol. The molecular weight excluding hydrogens is 1700 g/mol. The third-order valence-corrected chi connectivity index (χ3v) is 29.1. The fourth-order valence-corrected chi connectivity index (χ4v) is 21.4. The molecule has 0 fully saturated rings. The lowest BCUT2D eigenvalue weighted by molar-refractivity contribution is -0.660. The highest BCUT2D eigenvalue weighted by atomic mass is 15.0. The van der Waals surface area contributed by atoms with Crippen molar-refractivity contribution in [3.63, 3.8) is 0 Å². The van der Waals surface area contributed by atoms with E-state index in [1.807, 2.05) is 0 Å². The SMILES string of the molecule is Cc1cc(-c2ccc3c(c2)c2ccccc2n3C)ccc1-c1cccc[n+]1C.Cc1cc(-c2ccc3c4ccccc4n(C)c3c2)ccc1-c1cccc[n+]1C.Cc1ccc(-c2ccc3c4ccccc4n(C)c3c2)cc1-c1cccc[n+]1C.Cc1cccc(-c2ccc3c(c2)c2ccccc2n3C)c1-c1cccc[n+]1C.Cc1ccccc1-c1cc(-c2ccc3c(c2)c2ccccc2n3C)cc[n+]1C. The first-order valence-electron chi connectivity index (χ1n) is 48.3. The first-order chi connectivity index (χ1) is 68.2. The number of para-hydroxylation sites is 5. The summed E-state index contributed by atoms with van der Waals surface area (Å²) in [5.74, 6) is 0. The van der Waals surface area contributed by atoms with Crippen molar-refractivity contribution < 1.29 is 22.8 Å². The second-order valence-electron chi connectivity index (χ2n) is 37.6. The van der Waals surface area contributed by atoms with Gasteiger partial charge in [-0.15, -0.1) is 0 Å².